The molecule has 0 spiro atoms. The first-order valence-corrected chi connectivity index (χ1v) is 16.6. The number of ether oxygens (including phenoxy) is 6. The molecule has 2 saturated heterocycles. The average Bonchev–Trinajstić information content (AvgIpc) is 3.53. The molecule has 3 aliphatic rings. The molecule has 0 N–H and O–H groups in total. The summed E-state index contributed by atoms with van der Waals surface area (Å²) in [6, 6.07) is 16.0. The van der Waals surface area contributed by atoms with Gasteiger partial charge in [0, 0.05) is 18.4 Å². The average molecular weight is 677 g/mol. The second kappa shape index (κ2) is 14.2. The molecular weight excluding hydrogens is 628 g/mol. The Balaban J connectivity index is 1.21. The van der Waals surface area contributed by atoms with Crippen LogP contribution in [0.15, 0.2) is 77.8 Å². The number of Topliss-reactive ketones (excluding diaryl/α,β-unsaturated/α-hetero) is 1. The minimum absolute atomic E-state index is 0.0609. The van der Waals surface area contributed by atoms with Crippen molar-refractivity contribution in [2.24, 2.45) is 0 Å². The van der Waals surface area contributed by atoms with Crippen LogP contribution in [0.3, 0.4) is 0 Å². The molecule has 49 heavy (non-hydrogen) atoms. The molecule has 0 radical (unpaired) electrons. The van der Waals surface area contributed by atoms with E-state index >= 15 is 0 Å². The number of nitrogens with zero attached hydrogens (tertiary/aromatic N) is 2. The zero-order chi connectivity index (χ0) is 35.6. The summed E-state index contributed by atoms with van der Waals surface area (Å²) >= 11 is 0. The predicted octanol–water partition coefficient (Wildman–Crippen LogP) is 6.90. The Morgan fingerprint density at radius 2 is 1.49 bits per heavy atom. The van der Waals surface area contributed by atoms with Gasteiger partial charge in [0.05, 0.1) is 26.4 Å². The summed E-state index contributed by atoms with van der Waals surface area (Å²) in [4.78, 5) is 43.1. The topological polar surface area (TPSA) is 113 Å². The summed E-state index contributed by atoms with van der Waals surface area (Å²) in [5.74, 6) is 1.52. The molecule has 2 fully saturated rings. The lowest BCUT2D eigenvalue weighted by molar-refractivity contribution is -0.120. The van der Waals surface area contributed by atoms with E-state index in [-0.39, 0.29) is 31.5 Å². The molecule has 2 heterocycles. The fourth-order valence-electron chi connectivity index (χ4n) is 6.31. The molecule has 2 amide bonds. The molecule has 2 atom stereocenters. The van der Waals surface area contributed by atoms with E-state index in [2.05, 4.69) is 0 Å². The molecule has 1 aliphatic carbocycles. The van der Waals surface area contributed by atoms with Gasteiger partial charge in [-0.2, -0.15) is 0 Å². The lowest BCUT2D eigenvalue weighted by Crippen LogP contribution is -2.51. The van der Waals surface area contributed by atoms with Crippen LogP contribution in [0, 0.1) is 0 Å². The lowest BCUT2D eigenvalue weighted by Gasteiger charge is -2.35. The van der Waals surface area contributed by atoms with E-state index in [4.69, 9.17) is 28.4 Å². The Labute approximate surface area is 288 Å². The zero-order valence-corrected chi connectivity index (χ0v) is 29.7. The number of allylic oxidation sites excluding steroid dienone is 2. The number of rotatable bonds is 9. The van der Waals surface area contributed by atoms with Crippen LogP contribution in [-0.2, 0) is 41.5 Å². The van der Waals surface area contributed by atoms with Gasteiger partial charge < -0.3 is 28.4 Å². The van der Waals surface area contributed by atoms with Gasteiger partial charge in [-0.15, -0.1) is 0 Å². The highest BCUT2D eigenvalue weighted by Crippen LogP contribution is 2.35. The molecule has 2 aromatic carbocycles. The van der Waals surface area contributed by atoms with E-state index in [1.54, 1.807) is 25.9 Å². The molecule has 11 heteroatoms. The van der Waals surface area contributed by atoms with Crippen LogP contribution in [0.2, 0.25) is 0 Å². The number of methoxy groups -OCH3 is 1. The molecule has 0 aromatic heterocycles. The van der Waals surface area contributed by atoms with Crippen LogP contribution in [-0.4, -0.2) is 77.2 Å². The normalized spacial score (nSPS) is 21.7. The van der Waals surface area contributed by atoms with E-state index in [1.165, 1.54) is 4.90 Å². The Morgan fingerprint density at radius 3 is 2.14 bits per heavy atom. The van der Waals surface area contributed by atoms with Gasteiger partial charge in [0.25, 0.3) is 0 Å². The third-order valence-electron chi connectivity index (χ3n) is 8.75. The van der Waals surface area contributed by atoms with E-state index in [9.17, 15) is 14.4 Å². The molecule has 5 rings (SSSR count). The van der Waals surface area contributed by atoms with Gasteiger partial charge in [-0.3, -0.25) is 14.6 Å². The minimum Gasteiger partial charge on any atom is -0.497 e. The summed E-state index contributed by atoms with van der Waals surface area (Å²) in [5, 5.41) is 0. The van der Waals surface area contributed by atoms with Crippen molar-refractivity contribution >= 4 is 18.0 Å². The number of ketones is 1. The maximum absolute atomic E-state index is 13.8. The fourth-order valence-corrected chi connectivity index (χ4v) is 6.31. The molecule has 0 bridgehead atoms. The third-order valence-corrected chi connectivity index (χ3v) is 8.75. The van der Waals surface area contributed by atoms with Gasteiger partial charge in [0.15, 0.2) is 5.78 Å². The summed E-state index contributed by atoms with van der Waals surface area (Å²) in [5.41, 5.74) is -0.0321. The second-order valence-electron chi connectivity index (χ2n) is 14.4. The van der Waals surface area contributed by atoms with E-state index < -0.39 is 35.3 Å². The van der Waals surface area contributed by atoms with Crippen molar-refractivity contribution in [3.63, 3.8) is 0 Å². The van der Waals surface area contributed by atoms with E-state index in [1.807, 2.05) is 95.3 Å². The van der Waals surface area contributed by atoms with Gasteiger partial charge in [0.2, 0.25) is 0 Å². The minimum atomic E-state index is -1.02. The van der Waals surface area contributed by atoms with E-state index in [0.29, 0.717) is 42.3 Å². The van der Waals surface area contributed by atoms with Gasteiger partial charge in [-0.05, 0) is 78.1 Å². The van der Waals surface area contributed by atoms with Gasteiger partial charge >= 0.3 is 12.2 Å². The number of benzene rings is 2. The van der Waals surface area contributed by atoms with Crippen molar-refractivity contribution in [3.05, 3.63) is 88.9 Å². The summed E-state index contributed by atoms with van der Waals surface area (Å²) in [7, 11) is 1.55. The second-order valence-corrected chi connectivity index (χ2v) is 14.4. The Kier molecular flexibility index (Phi) is 10.5. The standard InChI is InChI=1S/C38H48N2O9/c1-36(2,3)49-35(43)39-28(23-46-37(39,4)5)20-25-14-17-29(18-15-25)48-31-19-16-27(21-32(31)44-8)33(41)30-24-47-38(6,7)40(30)34(42)45-22-26-12-10-9-11-13-26/h9-18,28,30H,19-24H2,1-8H3/t28-,30+/m0/s1. The Morgan fingerprint density at radius 1 is 0.837 bits per heavy atom. The summed E-state index contributed by atoms with van der Waals surface area (Å²) < 4.78 is 35.0. The molecule has 11 nitrogen and oxygen atoms in total. The predicted molar refractivity (Wildman–Crippen MR) is 181 cm³/mol. The zero-order valence-electron chi connectivity index (χ0n) is 29.7. The van der Waals surface area contributed by atoms with E-state index in [0.717, 1.165) is 11.1 Å². The third kappa shape index (κ3) is 8.45. The number of carbonyl (C=O) groups excluding carboxylic acids is 3. The SMILES string of the molecule is COC1=C(Oc2ccc(C[C@H]3COC(C)(C)N3C(=O)OC(C)(C)C)cc2)CC=C(C(=O)[C@H]2COC(C)(C)N2C(=O)OCc2ccccc2)C1. The maximum Gasteiger partial charge on any atom is 0.413 e. The van der Waals surface area contributed by atoms with Crippen molar-refractivity contribution in [3.8, 4) is 5.75 Å². The van der Waals surface area contributed by atoms with Crippen molar-refractivity contribution in [1.29, 1.82) is 0 Å². The highest BCUT2D eigenvalue weighted by molar-refractivity contribution is 6.02. The van der Waals surface area contributed by atoms with Crippen LogP contribution in [0.5, 0.6) is 5.75 Å². The number of hydrogen-bond donors (Lipinski definition) is 0. The van der Waals surface area contributed by atoms with Crippen LogP contribution >= 0.6 is 0 Å². The van der Waals surface area contributed by atoms with Crippen molar-refractivity contribution in [1.82, 2.24) is 9.80 Å². The fraction of sp³-hybridized carbons (Fsp3) is 0.500. The van der Waals surface area contributed by atoms with Crippen LogP contribution in [0.4, 0.5) is 9.59 Å². The monoisotopic (exact) mass is 676 g/mol. The van der Waals surface area contributed by atoms with Gasteiger partial charge in [-0.25, -0.2) is 9.59 Å². The Bertz CT molecular complexity index is 1590. The van der Waals surface area contributed by atoms with Crippen LogP contribution in [0.1, 0.15) is 72.4 Å². The molecule has 264 valence electrons. The number of carbonyl (C=O) groups is 3. The van der Waals surface area contributed by atoms with Crippen molar-refractivity contribution < 1.29 is 42.8 Å². The van der Waals surface area contributed by atoms with Crippen molar-refractivity contribution in [2.75, 3.05) is 20.3 Å². The lowest BCUT2D eigenvalue weighted by atomic mass is 9.94. The largest absolute Gasteiger partial charge is 0.497 e. The molecule has 0 saturated carbocycles. The Hall–Kier alpha value is -4.35. The smallest absolute Gasteiger partial charge is 0.413 e. The summed E-state index contributed by atoms with van der Waals surface area (Å²) in [6.45, 7) is 13.3. The van der Waals surface area contributed by atoms with Crippen LogP contribution < -0.4 is 4.74 Å². The molecule has 2 aliphatic heterocycles. The first-order chi connectivity index (χ1) is 23.1. The molecule has 0 unspecified atom stereocenters. The molecule has 2 aromatic rings. The van der Waals surface area contributed by atoms with Gasteiger partial charge in [0.1, 0.15) is 47.0 Å². The summed E-state index contributed by atoms with van der Waals surface area (Å²) in [6.07, 6.45) is 1.94. The maximum atomic E-state index is 13.8. The first kappa shape index (κ1) is 35.9. The highest BCUT2D eigenvalue weighted by Gasteiger charge is 2.49. The molecular formula is C38H48N2O9. The highest BCUT2D eigenvalue weighted by atomic mass is 16.6. The van der Waals surface area contributed by atoms with Crippen molar-refractivity contribution in [2.45, 2.75) is 103 Å². The quantitative estimate of drug-likeness (QED) is 0.280. The van der Waals surface area contributed by atoms with Crippen LogP contribution in [0.25, 0.3) is 0 Å². The number of hydrogen-bond acceptors (Lipinski definition) is 9. The first-order valence-electron chi connectivity index (χ1n) is 16.6. The van der Waals surface area contributed by atoms with Gasteiger partial charge in [-0.1, -0.05) is 48.5 Å². The number of amides is 2.